The lowest BCUT2D eigenvalue weighted by molar-refractivity contribution is -0.131. The van der Waals surface area contributed by atoms with E-state index in [4.69, 9.17) is 4.74 Å². The summed E-state index contributed by atoms with van der Waals surface area (Å²) in [6.45, 7) is 1.33. The Balaban J connectivity index is 2.88. The Bertz CT molecular complexity index is 336. The number of phenolic OH excluding ortho intramolecular Hbond substituents is 1. The van der Waals surface area contributed by atoms with Crippen LogP contribution in [-0.4, -0.2) is 16.4 Å². The fourth-order valence-electron chi connectivity index (χ4n) is 1.12. The van der Waals surface area contributed by atoms with E-state index in [-0.39, 0.29) is 11.7 Å². The second kappa shape index (κ2) is 5.00. The summed E-state index contributed by atoms with van der Waals surface area (Å²) >= 11 is 3.30. The first-order valence-corrected chi connectivity index (χ1v) is 5.31. The van der Waals surface area contributed by atoms with Gasteiger partial charge in [-0.15, -0.1) is 0 Å². The van der Waals surface area contributed by atoms with Crippen LogP contribution in [0, 0.1) is 0 Å². The fraction of sp³-hybridized carbons (Fsp3) is 0.300. The van der Waals surface area contributed by atoms with Gasteiger partial charge in [-0.1, -0.05) is 15.9 Å². The Labute approximate surface area is 90.8 Å². The molecule has 0 bridgehead atoms. The highest BCUT2D eigenvalue weighted by molar-refractivity contribution is 9.09. The number of hydrogen-bond acceptors (Lipinski definition) is 3. The van der Waals surface area contributed by atoms with Gasteiger partial charge in [0.1, 0.15) is 11.5 Å². The minimum atomic E-state index is -0.389. The molecule has 1 aromatic carbocycles. The van der Waals surface area contributed by atoms with Crippen LogP contribution in [0.3, 0.4) is 0 Å². The Morgan fingerprint density at radius 2 is 2.21 bits per heavy atom. The van der Waals surface area contributed by atoms with E-state index in [1.807, 2.05) is 0 Å². The molecule has 3 nitrogen and oxygen atoms in total. The van der Waals surface area contributed by atoms with Crippen LogP contribution in [0.4, 0.5) is 0 Å². The molecule has 0 aliphatic carbocycles. The largest absolute Gasteiger partial charge is 0.508 e. The second-order valence-corrected chi connectivity index (χ2v) is 3.66. The van der Waals surface area contributed by atoms with Crippen molar-refractivity contribution in [2.75, 3.05) is 5.33 Å². The maximum absolute atomic E-state index is 10.7. The van der Waals surface area contributed by atoms with Crippen LogP contribution < -0.4 is 4.74 Å². The molecule has 1 N–H and O–H groups in total. The van der Waals surface area contributed by atoms with E-state index in [0.29, 0.717) is 5.75 Å². The maximum atomic E-state index is 10.7. The van der Waals surface area contributed by atoms with Crippen molar-refractivity contribution in [3.05, 3.63) is 23.8 Å². The molecule has 0 spiro atoms. The molecule has 0 saturated heterocycles. The van der Waals surface area contributed by atoms with Crippen molar-refractivity contribution >= 4 is 21.9 Å². The summed E-state index contributed by atoms with van der Waals surface area (Å²) in [5.41, 5.74) is 0.929. The molecule has 76 valence electrons. The third kappa shape index (κ3) is 3.38. The first-order valence-electron chi connectivity index (χ1n) is 4.19. The lowest BCUT2D eigenvalue weighted by atomic mass is 10.1. The summed E-state index contributed by atoms with van der Waals surface area (Å²) in [5, 5.41) is 10.1. The number of alkyl halides is 1. The number of ether oxygens (including phenoxy) is 1. The van der Waals surface area contributed by atoms with Crippen LogP contribution in [-0.2, 0) is 11.2 Å². The molecular formula is C10H11BrO3. The second-order valence-electron chi connectivity index (χ2n) is 2.87. The Morgan fingerprint density at radius 3 is 2.79 bits per heavy atom. The smallest absolute Gasteiger partial charge is 0.308 e. The van der Waals surface area contributed by atoms with Crippen LogP contribution in [0.1, 0.15) is 12.5 Å². The first kappa shape index (κ1) is 11.0. The topological polar surface area (TPSA) is 46.5 Å². The van der Waals surface area contributed by atoms with E-state index >= 15 is 0 Å². The summed E-state index contributed by atoms with van der Waals surface area (Å²) in [6, 6.07) is 4.80. The van der Waals surface area contributed by atoms with Crippen molar-refractivity contribution in [1.29, 1.82) is 0 Å². The van der Waals surface area contributed by atoms with Crippen LogP contribution in [0.2, 0.25) is 0 Å². The van der Waals surface area contributed by atoms with E-state index in [1.165, 1.54) is 13.0 Å². The molecule has 0 radical (unpaired) electrons. The minimum Gasteiger partial charge on any atom is -0.508 e. The van der Waals surface area contributed by atoms with Crippen LogP contribution in [0.5, 0.6) is 11.5 Å². The van der Waals surface area contributed by atoms with Crippen molar-refractivity contribution in [2.24, 2.45) is 0 Å². The zero-order valence-electron chi connectivity index (χ0n) is 7.79. The van der Waals surface area contributed by atoms with Crippen molar-refractivity contribution < 1.29 is 14.6 Å². The van der Waals surface area contributed by atoms with E-state index in [2.05, 4.69) is 15.9 Å². The SMILES string of the molecule is CC(=O)Oc1cc(O)cc(CCBr)c1. The average Bonchev–Trinajstić information content (AvgIpc) is 2.01. The zero-order chi connectivity index (χ0) is 10.6. The number of benzene rings is 1. The highest BCUT2D eigenvalue weighted by Crippen LogP contribution is 2.22. The molecule has 0 aliphatic heterocycles. The van der Waals surface area contributed by atoms with Gasteiger partial charge < -0.3 is 9.84 Å². The zero-order valence-corrected chi connectivity index (χ0v) is 9.37. The summed E-state index contributed by atoms with van der Waals surface area (Å²) in [6.07, 6.45) is 0.780. The third-order valence-electron chi connectivity index (χ3n) is 1.60. The average molecular weight is 259 g/mol. The summed E-state index contributed by atoms with van der Waals surface area (Å²) < 4.78 is 4.87. The van der Waals surface area contributed by atoms with Gasteiger partial charge in [-0.25, -0.2) is 0 Å². The molecule has 0 amide bonds. The van der Waals surface area contributed by atoms with Gasteiger partial charge in [0, 0.05) is 18.3 Å². The molecule has 4 heteroatoms. The number of hydrogen-bond donors (Lipinski definition) is 1. The summed E-state index contributed by atoms with van der Waals surface area (Å²) in [7, 11) is 0. The van der Waals surface area contributed by atoms with Gasteiger partial charge in [0.15, 0.2) is 0 Å². The van der Waals surface area contributed by atoms with E-state index in [9.17, 15) is 9.90 Å². The van der Waals surface area contributed by atoms with Gasteiger partial charge in [0.25, 0.3) is 0 Å². The van der Waals surface area contributed by atoms with E-state index < -0.39 is 0 Å². The number of phenols is 1. The lowest BCUT2D eigenvalue weighted by Gasteiger charge is -2.05. The molecule has 14 heavy (non-hydrogen) atoms. The molecule has 1 rings (SSSR count). The predicted octanol–water partition coefficient (Wildman–Crippen LogP) is 2.25. The molecule has 0 saturated carbocycles. The van der Waals surface area contributed by atoms with E-state index in [1.54, 1.807) is 12.1 Å². The lowest BCUT2D eigenvalue weighted by Crippen LogP contribution is -2.01. The van der Waals surface area contributed by atoms with Gasteiger partial charge in [-0.3, -0.25) is 4.79 Å². The quantitative estimate of drug-likeness (QED) is 0.514. The van der Waals surface area contributed by atoms with Crippen molar-refractivity contribution in [3.8, 4) is 11.5 Å². The number of aromatic hydroxyl groups is 1. The maximum Gasteiger partial charge on any atom is 0.308 e. The monoisotopic (exact) mass is 258 g/mol. The minimum absolute atomic E-state index is 0.111. The van der Waals surface area contributed by atoms with Gasteiger partial charge in [-0.05, 0) is 24.1 Å². The molecule has 1 aromatic rings. The van der Waals surface area contributed by atoms with Crippen LogP contribution in [0.15, 0.2) is 18.2 Å². The molecule has 0 aromatic heterocycles. The van der Waals surface area contributed by atoms with Gasteiger partial charge in [0.2, 0.25) is 0 Å². The Kier molecular flexibility index (Phi) is 3.95. The molecule has 0 atom stereocenters. The fourth-order valence-corrected chi connectivity index (χ4v) is 1.58. The van der Waals surface area contributed by atoms with Gasteiger partial charge >= 0.3 is 5.97 Å². The standard InChI is InChI=1S/C10H11BrO3/c1-7(12)14-10-5-8(2-3-11)4-9(13)6-10/h4-6,13H,2-3H2,1H3. The molecule has 0 fully saturated rings. The molecule has 0 heterocycles. The number of carbonyl (C=O) groups is 1. The first-order chi connectivity index (χ1) is 6.61. The summed E-state index contributed by atoms with van der Waals surface area (Å²) in [4.78, 5) is 10.7. The molecule has 0 aliphatic rings. The number of carbonyl (C=O) groups excluding carboxylic acids is 1. The highest BCUT2D eigenvalue weighted by Gasteiger charge is 2.02. The normalized spacial score (nSPS) is 9.86. The summed E-state index contributed by atoms with van der Waals surface area (Å²) in [5.74, 6) is 0.105. The van der Waals surface area contributed by atoms with Crippen molar-refractivity contribution in [2.45, 2.75) is 13.3 Å². The molecular weight excluding hydrogens is 248 g/mol. The number of rotatable bonds is 3. The Morgan fingerprint density at radius 1 is 1.50 bits per heavy atom. The number of halogens is 1. The Hall–Kier alpha value is -1.03. The van der Waals surface area contributed by atoms with Crippen molar-refractivity contribution in [1.82, 2.24) is 0 Å². The predicted molar refractivity (Wildman–Crippen MR) is 56.9 cm³/mol. The van der Waals surface area contributed by atoms with Gasteiger partial charge in [0.05, 0.1) is 0 Å². The highest BCUT2D eigenvalue weighted by atomic mass is 79.9. The van der Waals surface area contributed by atoms with Crippen LogP contribution >= 0.6 is 15.9 Å². The third-order valence-corrected chi connectivity index (χ3v) is 1.99. The van der Waals surface area contributed by atoms with Crippen molar-refractivity contribution in [3.63, 3.8) is 0 Å². The molecule has 0 unspecified atom stereocenters. The van der Waals surface area contributed by atoms with Gasteiger partial charge in [-0.2, -0.15) is 0 Å². The number of esters is 1. The van der Waals surface area contributed by atoms with Crippen LogP contribution in [0.25, 0.3) is 0 Å². The number of aryl methyl sites for hydroxylation is 1. The van der Waals surface area contributed by atoms with E-state index in [0.717, 1.165) is 17.3 Å².